The van der Waals surface area contributed by atoms with Crippen LogP contribution in [-0.2, 0) is 21.2 Å². The Bertz CT molecular complexity index is 992. The van der Waals surface area contributed by atoms with E-state index in [1.165, 1.54) is 9.87 Å². The van der Waals surface area contributed by atoms with Crippen LogP contribution in [0.4, 0.5) is 0 Å². The first-order valence-electron chi connectivity index (χ1n) is 11.4. The minimum atomic E-state index is -3.36. The lowest BCUT2D eigenvalue weighted by Crippen LogP contribution is -2.46. The Kier molecular flexibility index (Phi) is 8.70. The molecule has 2 aromatic rings. The van der Waals surface area contributed by atoms with Gasteiger partial charge in [0.25, 0.3) is 0 Å². The van der Waals surface area contributed by atoms with Gasteiger partial charge in [0.2, 0.25) is 15.9 Å². The predicted octanol–water partition coefficient (Wildman–Crippen LogP) is 3.47. The van der Waals surface area contributed by atoms with Crippen molar-refractivity contribution in [3.05, 3.63) is 65.2 Å². The fraction of sp³-hybridized carbons (Fsp3) is 0.480. The lowest BCUT2D eigenvalue weighted by atomic mass is 9.99. The molecular weight excluding hydrogens is 424 g/mol. The summed E-state index contributed by atoms with van der Waals surface area (Å²) in [6.07, 6.45) is 2.72. The third-order valence-electron chi connectivity index (χ3n) is 6.07. The number of hydrogen-bond acceptors (Lipinski definition) is 4. The van der Waals surface area contributed by atoms with Crippen molar-refractivity contribution in [2.45, 2.75) is 39.5 Å². The molecule has 0 saturated carbocycles. The highest BCUT2D eigenvalue weighted by Crippen LogP contribution is 2.21. The van der Waals surface area contributed by atoms with Crippen molar-refractivity contribution in [2.24, 2.45) is 5.92 Å². The first-order chi connectivity index (χ1) is 15.4. The quantitative estimate of drug-likeness (QED) is 0.553. The van der Waals surface area contributed by atoms with Crippen LogP contribution in [0, 0.1) is 19.8 Å². The number of ether oxygens (including phenoxy) is 1. The first-order valence-corrected chi connectivity index (χ1v) is 13.0. The first kappa shape index (κ1) is 24.3. The van der Waals surface area contributed by atoms with Gasteiger partial charge in [0.05, 0.1) is 18.2 Å². The molecule has 1 fully saturated rings. The second-order valence-corrected chi connectivity index (χ2v) is 10.5. The maximum Gasteiger partial charge on any atom is 0.224 e. The summed E-state index contributed by atoms with van der Waals surface area (Å²) in [5.74, 6) is 0.525. The van der Waals surface area contributed by atoms with Gasteiger partial charge >= 0.3 is 0 Å². The SMILES string of the molecule is Cc1cccc(OCCNC(=O)C2CCCN(S(=O)(=O)CCCc3ccccc3)C2)c1C. The highest BCUT2D eigenvalue weighted by molar-refractivity contribution is 7.89. The third-order valence-corrected chi connectivity index (χ3v) is 8.00. The molecule has 3 rings (SSSR count). The molecule has 1 N–H and O–H groups in total. The van der Waals surface area contributed by atoms with Gasteiger partial charge in [-0.05, 0) is 62.3 Å². The molecular formula is C25H34N2O4S. The predicted molar refractivity (Wildman–Crippen MR) is 127 cm³/mol. The Morgan fingerprint density at radius 3 is 2.69 bits per heavy atom. The van der Waals surface area contributed by atoms with Gasteiger partial charge in [-0.1, -0.05) is 42.5 Å². The minimum Gasteiger partial charge on any atom is -0.491 e. The van der Waals surface area contributed by atoms with Crippen molar-refractivity contribution in [3.63, 3.8) is 0 Å². The largest absolute Gasteiger partial charge is 0.491 e. The van der Waals surface area contributed by atoms with Crippen molar-refractivity contribution in [3.8, 4) is 5.75 Å². The molecule has 1 aliphatic rings. The monoisotopic (exact) mass is 458 g/mol. The molecule has 2 aromatic carbocycles. The highest BCUT2D eigenvalue weighted by atomic mass is 32.2. The Morgan fingerprint density at radius 2 is 1.91 bits per heavy atom. The van der Waals surface area contributed by atoms with E-state index in [9.17, 15) is 13.2 Å². The van der Waals surface area contributed by atoms with E-state index >= 15 is 0 Å². The number of aryl methyl sites for hydroxylation is 2. The van der Waals surface area contributed by atoms with Crippen molar-refractivity contribution in [2.75, 3.05) is 32.0 Å². The molecule has 0 spiro atoms. The van der Waals surface area contributed by atoms with E-state index in [2.05, 4.69) is 5.32 Å². The smallest absolute Gasteiger partial charge is 0.224 e. The topological polar surface area (TPSA) is 75.7 Å². The second-order valence-electron chi connectivity index (χ2n) is 8.44. The van der Waals surface area contributed by atoms with Crippen LogP contribution in [0.25, 0.3) is 0 Å². The number of sulfonamides is 1. The van der Waals surface area contributed by atoms with Gasteiger partial charge in [-0.15, -0.1) is 0 Å². The van der Waals surface area contributed by atoms with Crippen LogP contribution in [0.5, 0.6) is 5.75 Å². The van der Waals surface area contributed by atoms with E-state index in [1.54, 1.807) is 0 Å². The van der Waals surface area contributed by atoms with Crippen LogP contribution >= 0.6 is 0 Å². The van der Waals surface area contributed by atoms with Crippen molar-refractivity contribution in [1.29, 1.82) is 0 Å². The van der Waals surface area contributed by atoms with Crippen LogP contribution in [0.1, 0.15) is 36.0 Å². The molecule has 1 aliphatic heterocycles. The number of nitrogens with zero attached hydrogens (tertiary/aromatic N) is 1. The summed E-state index contributed by atoms with van der Waals surface area (Å²) in [4.78, 5) is 12.6. The van der Waals surface area contributed by atoms with E-state index in [-0.39, 0.29) is 24.1 Å². The van der Waals surface area contributed by atoms with Gasteiger partial charge in [0.15, 0.2) is 0 Å². The van der Waals surface area contributed by atoms with Crippen LogP contribution in [0.3, 0.4) is 0 Å². The maximum absolute atomic E-state index is 12.8. The molecule has 174 valence electrons. The molecule has 6 nitrogen and oxygen atoms in total. The average molecular weight is 459 g/mol. The zero-order valence-corrected chi connectivity index (χ0v) is 19.9. The zero-order chi connectivity index (χ0) is 23.0. The molecule has 1 atom stereocenters. The number of carbonyl (C=O) groups excluding carboxylic acids is 1. The average Bonchev–Trinajstić information content (AvgIpc) is 2.80. The molecule has 0 bridgehead atoms. The number of carbonyl (C=O) groups is 1. The normalized spacial score (nSPS) is 17.1. The second kappa shape index (κ2) is 11.5. The summed E-state index contributed by atoms with van der Waals surface area (Å²) in [7, 11) is -3.36. The Labute approximate surface area is 192 Å². The molecule has 1 unspecified atom stereocenters. The van der Waals surface area contributed by atoms with E-state index in [4.69, 9.17) is 4.74 Å². The summed E-state index contributed by atoms with van der Waals surface area (Å²) in [6.45, 7) is 5.58. The molecule has 7 heteroatoms. The van der Waals surface area contributed by atoms with Crippen LogP contribution in [0.15, 0.2) is 48.5 Å². The highest BCUT2D eigenvalue weighted by Gasteiger charge is 2.31. The molecule has 0 radical (unpaired) electrons. The molecule has 1 heterocycles. The van der Waals surface area contributed by atoms with Crippen LogP contribution < -0.4 is 10.1 Å². The van der Waals surface area contributed by atoms with Gasteiger partial charge in [-0.25, -0.2) is 12.7 Å². The molecule has 32 heavy (non-hydrogen) atoms. The standard InChI is InChI=1S/C25H34N2O4S/c1-20-9-6-14-24(21(20)2)31-17-15-26-25(28)23-13-7-16-27(19-23)32(29,30)18-8-12-22-10-4-3-5-11-22/h3-6,9-11,14,23H,7-8,12-13,15-19H2,1-2H3,(H,26,28). The Hall–Kier alpha value is -2.38. The Morgan fingerprint density at radius 1 is 1.12 bits per heavy atom. The summed E-state index contributed by atoms with van der Waals surface area (Å²) < 4.78 is 32.9. The van der Waals surface area contributed by atoms with Crippen molar-refractivity contribution < 1.29 is 17.9 Å². The van der Waals surface area contributed by atoms with Crippen molar-refractivity contribution >= 4 is 15.9 Å². The van der Waals surface area contributed by atoms with Crippen molar-refractivity contribution in [1.82, 2.24) is 9.62 Å². The fourth-order valence-corrected chi connectivity index (χ4v) is 5.58. The number of benzene rings is 2. The number of hydrogen-bond donors (Lipinski definition) is 1. The number of nitrogens with one attached hydrogen (secondary N) is 1. The Balaban J connectivity index is 1.42. The van der Waals surface area contributed by atoms with Gasteiger partial charge in [0, 0.05) is 13.1 Å². The van der Waals surface area contributed by atoms with E-state index < -0.39 is 10.0 Å². The van der Waals surface area contributed by atoms with Gasteiger partial charge in [-0.2, -0.15) is 0 Å². The summed E-state index contributed by atoms with van der Waals surface area (Å²) >= 11 is 0. The number of rotatable bonds is 10. The lowest BCUT2D eigenvalue weighted by Gasteiger charge is -2.31. The van der Waals surface area contributed by atoms with Crippen LogP contribution in [-0.4, -0.2) is 50.6 Å². The van der Waals surface area contributed by atoms with Gasteiger partial charge in [0.1, 0.15) is 12.4 Å². The van der Waals surface area contributed by atoms with Crippen LogP contribution in [0.2, 0.25) is 0 Å². The van der Waals surface area contributed by atoms with E-state index in [1.807, 2.05) is 62.4 Å². The lowest BCUT2D eigenvalue weighted by molar-refractivity contribution is -0.126. The summed E-state index contributed by atoms with van der Waals surface area (Å²) in [6, 6.07) is 15.8. The van der Waals surface area contributed by atoms with Gasteiger partial charge < -0.3 is 10.1 Å². The number of piperidine rings is 1. The summed E-state index contributed by atoms with van der Waals surface area (Å²) in [5.41, 5.74) is 3.40. The zero-order valence-electron chi connectivity index (χ0n) is 19.0. The van der Waals surface area contributed by atoms with Gasteiger partial charge in [-0.3, -0.25) is 4.79 Å². The number of amides is 1. The minimum absolute atomic E-state index is 0.0984. The van der Waals surface area contributed by atoms with E-state index in [0.29, 0.717) is 39.0 Å². The van der Waals surface area contributed by atoms with E-state index in [0.717, 1.165) is 23.3 Å². The third kappa shape index (κ3) is 6.81. The molecule has 1 amide bonds. The fourth-order valence-electron chi connectivity index (χ4n) is 4.00. The molecule has 1 saturated heterocycles. The maximum atomic E-state index is 12.8. The molecule has 0 aromatic heterocycles. The summed E-state index contributed by atoms with van der Waals surface area (Å²) in [5, 5.41) is 2.91. The molecule has 0 aliphatic carbocycles.